The number of hydrogen-bond acceptors (Lipinski definition) is 6. The van der Waals surface area contributed by atoms with Gasteiger partial charge >= 0.3 is 0 Å². The van der Waals surface area contributed by atoms with Crippen molar-refractivity contribution in [1.29, 1.82) is 5.26 Å². The van der Waals surface area contributed by atoms with Gasteiger partial charge in [-0.25, -0.2) is 0 Å². The summed E-state index contributed by atoms with van der Waals surface area (Å²) in [5.41, 5.74) is -0.654. The molecule has 0 saturated carbocycles. The van der Waals surface area contributed by atoms with Crippen LogP contribution in [0.25, 0.3) is 0 Å². The molecule has 3 fully saturated rings. The maximum Gasteiger partial charge on any atom is 0.163 e. The van der Waals surface area contributed by atoms with Crippen LogP contribution in [0.2, 0.25) is 0 Å². The van der Waals surface area contributed by atoms with Gasteiger partial charge in [0.05, 0.1) is 37.6 Å². The molecule has 6 nitrogen and oxygen atoms in total. The van der Waals surface area contributed by atoms with E-state index in [9.17, 15) is 5.11 Å². The summed E-state index contributed by atoms with van der Waals surface area (Å²) in [5.74, 6) is -0.579. The average Bonchev–Trinajstić information content (AvgIpc) is 3.05. The molecule has 0 aromatic heterocycles. The summed E-state index contributed by atoms with van der Waals surface area (Å²) in [6.45, 7) is 4.23. The van der Waals surface area contributed by atoms with Gasteiger partial charge in [0.1, 0.15) is 11.7 Å². The van der Waals surface area contributed by atoms with E-state index in [4.69, 9.17) is 24.2 Å². The van der Waals surface area contributed by atoms with Crippen molar-refractivity contribution in [2.45, 2.75) is 81.8 Å². The van der Waals surface area contributed by atoms with Crippen LogP contribution in [-0.4, -0.2) is 54.1 Å². The molecule has 124 valence electrons. The third kappa shape index (κ3) is 3.01. The van der Waals surface area contributed by atoms with Gasteiger partial charge in [-0.1, -0.05) is 0 Å². The number of nitriles is 1. The first-order valence-electron chi connectivity index (χ1n) is 8.11. The fourth-order valence-corrected chi connectivity index (χ4v) is 3.79. The molecule has 0 radical (unpaired) electrons. The zero-order chi connectivity index (χ0) is 15.8. The fourth-order valence-electron chi connectivity index (χ4n) is 3.79. The largest absolute Gasteiger partial charge is 0.393 e. The van der Waals surface area contributed by atoms with Crippen molar-refractivity contribution in [3.8, 4) is 6.07 Å². The Hall–Kier alpha value is -0.710. The first-order valence-corrected chi connectivity index (χ1v) is 8.11. The Kier molecular flexibility index (Phi) is 4.45. The van der Waals surface area contributed by atoms with Crippen molar-refractivity contribution in [3.63, 3.8) is 0 Å². The van der Waals surface area contributed by atoms with Crippen LogP contribution in [0, 0.1) is 11.3 Å². The molecule has 0 aliphatic carbocycles. The topological polar surface area (TPSA) is 80.9 Å². The van der Waals surface area contributed by atoms with E-state index in [0.29, 0.717) is 25.9 Å². The quantitative estimate of drug-likeness (QED) is 0.847. The van der Waals surface area contributed by atoms with Crippen LogP contribution < -0.4 is 0 Å². The van der Waals surface area contributed by atoms with Crippen LogP contribution in [-0.2, 0) is 18.9 Å². The minimum absolute atomic E-state index is 0.0302. The van der Waals surface area contributed by atoms with Crippen molar-refractivity contribution in [2.75, 3.05) is 13.2 Å². The van der Waals surface area contributed by atoms with Crippen molar-refractivity contribution >= 4 is 0 Å². The van der Waals surface area contributed by atoms with Crippen LogP contribution in [0.4, 0.5) is 0 Å². The lowest BCUT2D eigenvalue weighted by Gasteiger charge is -2.40. The molecule has 5 atom stereocenters. The number of aliphatic hydroxyl groups excluding tert-OH is 1. The number of nitrogens with zero attached hydrogens (tertiary/aromatic N) is 1. The van der Waals surface area contributed by atoms with Crippen LogP contribution >= 0.6 is 0 Å². The maximum absolute atomic E-state index is 9.92. The maximum atomic E-state index is 9.92. The molecule has 3 aliphatic heterocycles. The second-order valence-electron chi connectivity index (χ2n) is 6.97. The highest BCUT2D eigenvalue weighted by molar-refractivity contribution is 5.03. The summed E-state index contributed by atoms with van der Waals surface area (Å²) in [6, 6.07) is 2.16. The Balaban J connectivity index is 1.66. The summed E-state index contributed by atoms with van der Waals surface area (Å²) in [5, 5.41) is 18.6. The third-order valence-electron chi connectivity index (χ3n) is 4.92. The highest BCUT2D eigenvalue weighted by Gasteiger charge is 2.55. The second-order valence-corrected chi connectivity index (χ2v) is 6.97. The van der Waals surface area contributed by atoms with Gasteiger partial charge < -0.3 is 24.1 Å². The smallest absolute Gasteiger partial charge is 0.163 e. The minimum Gasteiger partial charge on any atom is -0.393 e. The van der Waals surface area contributed by atoms with Gasteiger partial charge in [-0.15, -0.1) is 0 Å². The predicted molar refractivity (Wildman–Crippen MR) is 77.0 cm³/mol. The van der Waals surface area contributed by atoms with E-state index in [2.05, 4.69) is 6.07 Å². The van der Waals surface area contributed by atoms with Gasteiger partial charge in [0.15, 0.2) is 5.79 Å². The first-order chi connectivity index (χ1) is 10.5. The van der Waals surface area contributed by atoms with E-state index in [-0.39, 0.29) is 31.0 Å². The Labute approximate surface area is 131 Å². The van der Waals surface area contributed by atoms with Crippen molar-refractivity contribution in [3.05, 3.63) is 0 Å². The highest BCUT2D eigenvalue weighted by Crippen LogP contribution is 2.44. The van der Waals surface area contributed by atoms with E-state index in [1.807, 2.05) is 13.8 Å². The Bertz CT molecular complexity index is 448. The molecule has 3 rings (SSSR count). The molecule has 3 saturated heterocycles. The standard InChI is InChI=1S/C16H25NO5/c1-15(2)19-9-13(22-15)12-8-16(10-18)14(20-12)6-5-11(21-16)4-3-7-17/h11-14,18H,3-6,8-10H2,1-2H3/t11-,12?,13+,14-,16+/m0/s1. The van der Waals surface area contributed by atoms with Gasteiger partial charge in [0, 0.05) is 12.8 Å². The molecular weight excluding hydrogens is 286 g/mol. The minimum atomic E-state index is -0.654. The third-order valence-corrected chi connectivity index (χ3v) is 4.92. The lowest BCUT2D eigenvalue weighted by molar-refractivity contribution is -0.187. The molecule has 0 amide bonds. The van der Waals surface area contributed by atoms with Crippen LogP contribution in [0.1, 0.15) is 46.0 Å². The molecule has 6 heteroatoms. The number of fused-ring (bicyclic) bond motifs is 1. The Morgan fingerprint density at radius 2 is 2.05 bits per heavy atom. The van der Waals surface area contributed by atoms with E-state index in [1.165, 1.54) is 0 Å². The van der Waals surface area contributed by atoms with Gasteiger partial charge in [-0.3, -0.25) is 0 Å². The fraction of sp³-hybridized carbons (Fsp3) is 0.938. The number of hydrogen-bond donors (Lipinski definition) is 1. The van der Waals surface area contributed by atoms with Crippen LogP contribution in [0.3, 0.4) is 0 Å². The summed E-state index contributed by atoms with van der Waals surface area (Å²) >= 11 is 0. The molecule has 3 heterocycles. The molecular formula is C16H25NO5. The SMILES string of the molecule is CC1(C)OC[C@H](C2C[C@]3(CO)O[C@@H](CCC#N)CC[C@@H]3O2)O1. The van der Waals surface area contributed by atoms with Gasteiger partial charge in [-0.05, 0) is 33.1 Å². The molecule has 0 spiro atoms. The van der Waals surface area contributed by atoms with E-state index in [0.717, 1.165) is 12.8 Å². The lowest BCUT2D eigenvalue weighted by Crippen LogP contribution is -2.51. The zero-order valence-corrected chi connectivity index (χ0v) is 13.3. The zero-order valence-electron chi connectivity index (χ0n) is 13.3. The van der Waals surface area contributed by atoms with Crippen molar-refractivity contribution < 1.29 is 24.1 Å². The predicted octanol–water partition coefficient (Wildman–Crippen LogP) is 1.51. The normalized spacial score (nSPS) is 43.7. The van der Waals surface area contributed by atoms with E-state index >= 15 is 0 Å². The van der Waals surface area contributed by atoms with Crippen molar-refractivity contribution in [1.82, 2.24) is 0 Å². The summed E-state index contributed by atoms with van der Waals surface area (Å²) in [6.07, 6.45) is 3.22. The van der Waals surface area contributed by atoms with Gasteiger partial charge in [-0.2, -0.15) is 5.26 Å². The monoisotopic (exact) mass is 311 g/mol. The number of aliphatic hydroxyl groups is 1. The second kappa shape index (κ2) is 6.06. The van der Waals surface area contributed by atoms with E-state index in [1.54, 1.807) is 0 Å². The summed E-state index contributed by atoms with van der Waals surface area (Å²) in [4.78, 5) is 0. The van der Waals surface area contributed by atoms with E-state index < -0.39 is 11.4 Å². The molecule has 1 N–H and O–H groups in total. The van der Waals surface area contributed by atoms with Gasteiger partial charge in [0.25, 0.3) is 0 Å². The number of rotatable bonds is 4. The average molecular weight is 311 g/mol. The molecule has 0 aromatic carbocycles. The first kappa shape index (κ1) is 16.2. The Morgan fingerprint density at radius 3 is 2.68 bits per heavy atom. The molecule has 0 aromatic rings. The number of ether oxygens (including phenoxy) is 4. The molecule has 3 aliphatic rings. The molecule has 1 unspecified atom stereocenters. The van der Waals surface area contributed by atoms with Crippen molar-refractivity contribution in [2.24, 2.45) is 0 Å². The van der Waals surface area contributed by atoms with Crippen LogP contribution in [0.15, 0.2) is 0 Å². The lowest BCUT2D eigenvalue weighted by atomic mass is 9.86. The Morgan fingerprint density at radius 1 is 1.23 bits per heavy atom. The highest BCUT2D eigenvalue weighted by atomic mass is 16.8. The van der Waals surface area contributed by atoms with Gasteiger partial charge in [0.2, 0.25) is 0 Å². The molecule has 0 bridgehead atoms. The summed E-state index contributed by atoms with van der Waals surface area (Å²) < 4.78 is 23.8. The summed E-state index contributed by atoms with van der Waals surface area (Å²) in [7, 11) is 0. The van der Waals surface area contributed by atoms with Crippen LogP contribution in [0.5, 0.6) is 0 Å². The molecule has 22 heavy (non-hydrogen) atoms.